The zero-order valence-electron chi connectivity index (χ0n) is 13.0. The molecule has 3 rings (SSSR count). The van der Waals surface area contributed by atoms with E-state index in [0.717, 1.165) is 24.3 Å². The van der Waals surface area contributed by atoms with Gasteiger partial charge in [0.2, 0.25) is 5.91 Å². The molecule has 0 aliphatic rings. The summed E-state index contributed by atoms with van der Waals surface area (Å²) in [7, 11) is 0. The van der Waals surface area contributed by atoms with E-state index >= 15 is 0 Å². The van der Waals surface area contributed by atoms with Crippen molar-refractivity contribution in [2.24, 2.45) is 0 Å². The van der Waals surface area contributed by atoms with Gasteiger partial charge in [-0.15, -0.1) is 0 Å². The highest BCUT2D eigenvalue weighted by Gasteiger charge is 2.30. The third-order valence-electron chi connectivity index (χ3n) is 3.62. The van der Waals surface area contributed by atoms with Gasteiger partial charge in [0, 0.05) is 11.8 Å². The number of rotatable bonds is 4. The Balaban J connectivity index is 1.79. The largest absolute Gasteiger partial charge is 0.416 e. The van der Waals surface area contributed by atoms with Crippen LogP contribution in [-0.2, 0) is 17.5 Å². The van der Waals surface area contributed by atoms with Gasteiger partial charge < -0.3 is 9.88 Å². The molecule has 2 aromatic carbocycles. The van der Waals surface area contributed by atoms with Crippen LogP contribution in [0.3, 0.4) is 0 Å². The van der Waals surface area contributed by atoms with Gasteiger partial charge in [0.15, 0.2) is 0 Å². The van der Waals surface area contributed by atoms with Crippen molar-refractivity contribution in [2.45, 2.75) is 12.7 Å². The Bertz CT molecular complexity index is 981. The normalized spacial score (nSPS) is 11.5. The number of nitrogens with one attached hydrogen (secondary N) is 1. The van der Waals surface area contributed by atoms with Crippen LogP contribution in [0.5, 0.6) is 0 Å². The van der Waals surface area contributed by atoms with Crippen molar-refractivity contribution < 1.29 is 22.9 Å². The predicted octanol–water partition coefficient (Wildman–Crippen LogP) is 3.60. The van der Waals surface area contributed by atoms with Gasteiger partial charge in [-0.25, -0.2) is 4.98 Å². The zero-order valence-corrected chi connectivity index (χ0v) is 13.0. The van der Waals surface area contributed by atoms with Crippen LogP contribution in [-0.4, -0.2) is 20.4 Å². The number of amides is 1. The van der Waals surface area contributed by atoms with Crippen molar-refractivity contribution in [2.75, 3.05) is 5.32 Å². The van der Waals surface area contributed by atoms with Crippen molar-refractivity contribution in [3.63, 3.8) is 0 Å². The molecule has 1 N–H and O–H groups in total. The molecular weight excluding hydrogens is 353 g/mol. The van der Waals surface area contributed by atoms with Crippen LogP contribution in [0.15, 0.2) is 48.8 Å². The first-order chi connectivity index (χ1) is 12.3. The predicted molar refractivity (Wildman–Crippen MR) is 86.5 cm³/mol. The van der Waals surface area contributed by atoms with Gasteiger partial charge in [0.25, 0.3) is 5.69 Å². The minimum atomic E-state index is -4.46. The monoisotopic (exact) mass is 364 g/mol. The SMILES string of the molecule is O=C(Cn1cnc2cccc([N+](=O)[O-])c21)Nc1ccc(C(F)(F)F)cc1. The van der Waals surface area contributed by atoms with E-state index in [-0.39, 0.29) is 23.4 Å². The van der Waals surface area contributed by atoms with Crippen LogP contribution in [0, 0.1) is 10.1 Å². The number of fused-ring (bicyclic) bond motifs is 1. The first-order valence-corrected chi connectivity index (χ1v) is 7.31. The highest BCUT2D eigenvalue weighted by molar-refractivity contribution is 5.92. The van der Waals surface area contributed by atoms with Crippen LogP contribution < -0.4 is 5.32 Å². The van der Waals surface area contributed by atoms with E-state index in [9.17, 15) is 28.1 Å². The van der Waals surface area contributed by atoms with E-state index in [1.54, 1.807) is 6.07 Å². The summed E-state index contributed by atoms with van der Waals surface area (Å²) in [5.41, 5.74) is -0.280. The topological polar surface area (TPSA) is 90.1 Å². The molecule has 0 saturated carbocycles. The van der Waals surface area contributed by atoms with Gasteiger partial charge in [-0.1, -0.05) is 6.07 Å². The number of nitrogens with zero attached hydrogens (tertiary/aromatic N) is 3. The number of alkyl halides is 3. The molecule has 0 fully saturated rings. The fraction of sp³-hybridized carbons (Fsp3) is 0.125. The molecule has 0 saturated heterocycles. The highest BCUT2D eigenvalue weighted by atomic mass is 19.4. The summed E-state index contributed by atoms with van der Waals surface area (Å²) < 4.78 is 38.9. The molecule has 134 valence electrons. The molecule has 26 heavy (non-hydrogen) atoms. The Hall–Kier alpha value is -3.43. The number of carbonyl (C=O) groups is 1. The van der Waals surface area contributed by atoms with Crippen LogP contribution in [0.25, 0.3) is 11.0 Å². The molecule has 1 heterocycles. The summed E-state index contributed by atoms with van der Waals surface area (Å²) in [6, 6.07) is 8.34. The number of benzene rings is 2. The Labute approximate surface area is 144 Å². The molecule has 0 aliphatic heterocycles. The molecule has 7 nitrogen and oxygen atoms in total. The molecule has 0 radical (unpaired) electrons. The number of non-ortho nitro benzene ring substituents is 1. The van der Waals surface area contributed by atoms with E-state index in [1.807, 2.05) is 0 Å². The molecule has 0 aliphatic carbocycles. The summed E-state index contributed by atoms with van der Waals surface area (Å²) in [4.78, 5) is 26.7. The average Bonchev–Trinajstić information content (AvgIpc) is 2.97. The second-order valence-corrected chi connectivity index (χ2v) is 5.40. The molecule has 0 unspecified atom stereocenters. The first-order valence-electron chi connectivity index (χ1n) is 7.31. The lowest BCUT2D eigenvalue weighted by Crippen LogP contribution is -2.18. The van der Waals surface area contributed by atoms with Gasteiger partial charge >= 0.3 is 6.18 Å². The minimum absolute atomic E-state index is 0.182. The highest BCUT2D eigenvalue weighted by Crippen LogP contribution is 2.30. The molecule has 0 bridgehead atoms. The summed E-state index contributed by atoms with van der Waals surface area (Å²) in [6.45, 7) is -0.275. The number of nitro groups is 1. The fourth-order valence-electron chi connectivity index (χ4n) is 2.47. The quantitative estimate of drug-likeness (QED) is 0.566. The number of halogens is 3. The number of hydrogen-bond donors (Lipinski definition) is 1. The third kappa shape index (κ3) is 3.48. The molecule has 10 heteroatoms. The number of carbonyl (C=O) groups excluding carboxylic acids is 1. The van der Waals surface area contributed by atoms with Crippen LogP contribution in [0.1, 0.15) is 5.56 Å². The Morgan fingerprint density at radius 2 is 1.88 bits per heavy atom. The second kappa shape index (κ2) is 6.47. The number of imidazole rings is 1. The molecule has 0 atom stereocenters. The van der Waals surface area contributed by atoms with Crippen molar-refractivity contribution >= 4 is 28.3 Å². The number of anilines is 1. The number of aromatic nitrogens is 2. The van der Waals surface area contributed by atoms with E-state index in [1.165, 1.54) is 23.0 Å². The third-order valence-corrected chi connectivity index (χ3v) is 3.62. The van der Waals surface area contributed by atoms with Gasteiger partial charge in [-0.05, 0) is 30.3 Å². The first kappa shape index (κ1) is 17.4. The molecular formula is C16H11F3N4O3. The van der Waals surface area contributed by atoms with Crippen molar-refractivity contribution in [3.05, 3.63) is 64.5 Å². The number of nitro benzene ring substituents is 1. The zero-order chi connectivity index (χ0) is 18.9. The lowest BCUT2D eigenvalue weighted by molar-refractivity contribution is -0.383. The summed E-state index contributed by atoms with van der Waals surface area (Å²) in [6.07, 6.45) is -3.17. The maximum absolute atomic E-state index is 12.5. The molecule has 0 spiro atoms. The number of para-hydroxylation sites is 1. The maximum Gasteiger partial charge on any atom is 0.416 e. The average molecular weight is 364 g/mol. The van der Waals surface area contributed by atoms with E-state index < -0.39 is 22.6 Å². The van der Waals surface area contributed by atoms with Crippen molar-refractivity contribution in [3.8, 4) is 0 Å². The van der Waals surface area contributed by atoms with Gasteiger partial charge in [-0.3, -0.25) is 14.9 Å². The molecule has 3 aromatic rings. The molecule has 1 aromatic heterocycles. The van der Waals surface area contributed by atoms with E-state index in [0.29, 0.717) is 5.52 Å². The van der Waals surface area contributed by atoms with Crippen molar-refractivity contribution in [1.82, 2.24) is 9.55 Å². The lowest BCUT2D eigenvalue weighted by atomic mass is 10.2. The second-order valence-electron chi connectivity index (χ2n) is 5.40. The summed E-state index contributed by atoms with van der Waals surface area (Å²) in [5, 5.41) is 13.6. The lowest BCUT2D eigenvalue weighted by Gasteiger charge is -2.09. The van der Waals surface area contributed by atoms with Crippen LogP contribution in [0.4, 0.5) is 24.5 Å². The number of hydrogen-bond acceptors (Lipinski definition) is 4. The Kier molecular flexibility index (Phi) is 4.33. The Morgan fingerprint density at radius 3 is 2.50 bits per heavy atom. The van der Waals surface area contributed by atoms with E-state index in [2.05, 4.69) is 10.3 Å². The van der Waals surface area contributed by atoms with Gasteiger partial charge in [0.1, 0.15) is 12.1 Å². The maximum atomic E-state index is 12.5. The smallest absolute Gasteiger partial charge is 0.325 e. The molecule has 1 amide bonds. The van der Waals surface area contributed by atoms with E-state index in [4.69, 9.17) is 0 Å². The van der Waals surface area contributed by atoms with Crippen LogP contribution >= 0.6 is 0 Å². The minimum Gasteiger partial charge on any atom is -0.325 e. The summed E-state index contributed by atoms with van der Waals surface area (Å²) >= 11 is 0. The van der Waals surface area contributed by atoms with Gasteiger partial charge in [-0.2, -0.15) is 13.2 Å². The fourth-order valence-corrected chi connectivity index (χ4v) is 2.47. The van der Waals surface area contributed by atoms with Gasteiger partial charge in [0.05, 0.1) is 22.3 Å². The van der Waals surface area contributed by atoms with Crippen molar-refractivity contribution in [1.29, 1.82) is 0 Å². The standard InChI is InChI=1S/C16H11F3N4O3/c17-16(18,19)10-4-6-11(7-5-10)21-14(24)8-22-9-20-12-2-1-3-13(15(12)22)23(25)26/h1-7,9H,8H2,(H,21,24). The summed E-state index contributed by atoms with van der Waals surface area (Å²) in [5.74, 6) is -0.554. The Morgan fingerprint density at radius 1 is 1.19 bits per heavy atom. The van der Waals surface area contributed by atoms with Crippen LogP contribution in [0.2, 0.25) is 0 Å².